The molecule has 0 unspecified atom stereocenters. The summed E-state index contributed by atoms with van der Waals surface area (Å²) in [4.78, 5) is 17.8. The van der Waals surface area contributed by atoms with Crippen molar-refractivity contribution in [2.24, 2.45) is 0 Å². The predicted molar refractivity (Wildman–Crippen MR) is 64.7 cm³/mol. The SMILES string of the molecule is CNc1cc(Oc2ccc(F)cc2[N+](=O)[O-])ncn1. The van der Waals surface area contributed by atoms with Crippen molar-refractivity contribution < 1.29 is 14.1 Å². The van der Waals surface area contributed by atoms with E-state index < -0.39 is 16.4 Å². The Morgan fingerprint density at radius 2 is 2.16 bits per heavy atom. The number of nitrogens with one attached hydrogen (secondary N) is 1. The molecule has 0 saturated heterocycles. The van der Waals surface area contributed by atoms with Gasteiger partial charge in [-0.05, 0) is 12.1 Å². The number of aromatic nitrogens is 2. The highest BCUT2D eigenvalue weighted by atomic mass is 19.1. The molecule has 1 aromatic carbocycles. The van der Waals surface area contributed by atoms with Crippen LogP contribution in [0.5, 0.6) is 11.6 Å². The van der Waals surface area contributed by atoms with Gasteiger partial charge < -0.3 is 10.1 Å². The fourth-order valence-corrected chi connectivity index (χ4v) is 1.36. The first kappa shape index (κ1) is 12.7. The fraction of sp³-hybridized carbons (Fsp3) is 0.0909. The summed E-state index contributed by atoms with van der Waals surface area (Å²) in [6.07, 6.45) is 1.25. The Morgan fingerprint density at radius 1 is 1.37 bits per heavy atom. The number of anilines is 1. The summed E-state index contributed by atoms with van der Waals surface area (Å²) in [7, 11) is 1.66. The molecule has 0 saturated carbocycles. The molecule has 1 heterocycles. The zero-order valence-electron chi connectivity index (χ0n) is 9.83. The number of nitrogens with zero attached hydrogens (tertiary/aromatic N) is 3. The van der Waals surface area contributed by atoms with Crippen molar-refractivity contribution in [2.45, 2.75) is 0 Å². The summed E-state index contributed by atoms with van der Waals surface area (Å²) in [5.41, 5.74) is -0.468. The van der Waals surface area contributed by atoms with Crippen LogP contribution in [-0.2, 0) is 0 Å². The van der Waals surface area contributed by atoms with E-state index in [1.54, 1.807) is 7.05 Å². The van der Waals surface area contributed by atoms with Gasteiger partial charge in [0.2, 0.25) is 11.6 Å². The summed E-state index contributed by atoms with van der Waals surface area (Å²) in [5, 5.41) is 13.6. The molecule has 1 aromatic heterocycles. The average molecular weight is 264 g/mol. The number of rotatable bonds is 4. The van der Waals surface area contributed by atoms with Crippen LogP contribution in [0.1, 0.15) is 0 Å². The van der Waals surface area contributed by atoms with Gasteiger partial charge in [-0.15, -0.1) is 0 Å². The molecule has 98 valence electrons. The quantitative estimate of drug-likeness (QED) is 0.673. The summed E-state index contributed by atoms with van der Waals surface area (Å²) in [6, 6.07) is 4.50. The van der Waals surface area contributed by atoms with Crippen LogP contribution in [0.3, 0.4) is 0 Å². The van der Waals surface area contributed by atoms with Crippen molar-refractivity contribution >= 4 is 11.5 Å². The number of benzene rings is 1. The van der Waals surface area contributed by atoms with Gasteiger partial charge in [0.15, 0.2) is 0 Å². The van der Waals surface area contributed by atoms with Gasteiger partial charge >= 0.3 is 5.69 Å². The van der Waals surface area contributed by atoms with Crippen LogP contribution in [0, 0.1) is 15.9 Å². The third kappa shape index (κ3) is 2.92. The van der Waals surface area contributed by atoms with E-state index in [1.165, 1.54) is 18.5 Å². The highest BCUT2D eigenvalue weighted by Gasteiger charge is 2.17. The van der Waals surface area contributed by atoms with Crippen LogP contribution in [0.4, 0.5) is 15.9 Å². The van der Waals surface area contributed by atoms with Crippen LogP contribution in [0.25, 0.3) is 0 Å². The molecule has 0 bridgehead atoms. The van der Waals surface area contributed by atoms with Crippen molar-refractivity contribution in [1.82, 2.24) is 9.97 Å². The molecule has 0 aliphatic heterocycles. The zero-order chi connectivity index (χ0) is 13.8. The van der Waals surface area contributed by atoms with Gasteiger partial charge in [0.05, 0.1) is 11.0 Å². The summed E-state index contributed by atoms with van der Waals surface area (Å²) < 4.78 is 18.2. The minimum Gasteiger partial charge on any atom is -0.432 e. The molecular formula is C11H9FN4O3. The number of nitro benzene ring substituents is 1. The van der Waals surface area contributed by atoms with E-state index in [9.17, 15) is 14.5 Å². The van der Waals surface area contributed by atoms with Gasteiger partial charge in [-0.25, -0.2) is 14.4 Å². The normalized spacial score (nSPS) is 10.0. The van der Waals surface area contributed by atoms with E-state index in [2.05, 4.69) is 15.3 Å². The molecule has 19 heavy (non-hydrogen) atoms. The molecule has 0 amide bonds. The molecule has 2 aromatic rings. The Morgan fingerprint density at radius 3 is 2.84 bits per heavy atom. The number of hydrogen-bond acceptors (Lipinski definition) is 6. The number of halogens is 1. The Balaban J connectivity index is 2.34. The molecular weight excluding hydrogens is 255 g/mol. The van der Waals surface area contributed by atoms with Crippen LogP contribution in [0.2, 0.25) is 0 Å². The van der Waals surface area contributed by atoms with Crippen LogP contribution >= 0.6 is 0 Å². The lowest BCUT2D eigenvalue weighted by Crippen LogP contribution is -1.97. The van der Waals surface area contributed by atoms with E-state index in [1.807, 2.05) is 0 Å². The van der Waals surface area contributed by atoms with Gasteiger partial charge in [0.1, 0.15) is 18.0 Å². The van der Waals surface area contributed by atoms with E-state index in [-0.39, 0.29) is 11.6 Å². The molecule has 8 heteroatoms. The smallest absolute Gasteiger partial charge is 0.314 e. The molecule has 7 nitrogen and oxygen atoms in total. The lowest BCUT2D eigenvalue weighted by molar-refractivity contribution is -0.385. The van der Waals surface area contributed by atoms with Crippen molar-refractivity contribution in [3.05, 3.63) is 46.5 Å². The summed E-state index contributed by atoms with van der Waals surface area (Å²) in [5.74, 6) is -0.186. The van der Waals surface area contributed by atoms with Crippen LogP contribution < -0.4 is 10.1 Å². The number of nitro groups is 1. The van der Waals surface area contributed by atoms with E-state index >= 15 is 0 Å². The molecule has 0 aliphatic rings. The largest absolute Gasteiger partial charge is 0.432 e. The Bertz CT molecular complexity index is 621. The van der Waals surface area contributed by atoms with Crippen molar-refractivity contribution in [3.63, 3.8) is 0 Å². The third-order valence-corrected chi connectivity index (χ3v) is 2.23. The van der Waals surface area contributed by atoms with Crippen molar-refractivity contribution in [3.8, 4) is 11.6 Å². The standard InChI is InChI=1S/C11H9FN4O3/c1-13-10-5-11(15-6-14-10)19-9-3-2-7(12)4-8(9)16(17)18/h2-6H,1H3,(H,13,14,15). The Hall–Kier alpha value is -2.77. The van der Waals surface area contributed by atoms with Crippen molar-refractivity contribution in [1.29, 1.82) is 0 Å². The minimum atomic E-state index is -0.724. The molecule has 0 aliphatic carbocycles. The molecule has 2 rings (SSSR count). The highest BCUT2D eigenvalue weighted by Crippen LogP contribution is 2.31. The maximum absolute atomic E-state index is 13.0. The van der Waals surface area contributed by atoms with E-state index in [0.29, 0.717) is 5.82 Å². The maximum atomic E-state index is 13.0. The first-order valence-corrected chi connectivity index (χ1v) is 5.21. The zero-order valence-corrected chi connectivity index (χ0v) is 9.83. The lowest BCUT2D eigenvalue weighted by atomic mass is 10.3. The molecule has 1 N–H and O–H groups in total. The predicted octanol–water partition coefficient (Wildman–Crippen LogP) is 2.36. The van der Waals surface area contributed by atoms with Gasteiger partial charge in [0, 0.05) is 13.1 Å². The fourth-order valence-electron chi connectivity index (χ4n) is 1.36. The maximum Gasteiger partial charge on any atom is 0.314 e. The van der Waals surface area contributed by atoms with Crippen molar-refractivity contribution in [2.75, 3.05) is 12.4 Å². The van der Waals surface area contributed by atoms with Crippen LogP contribution in [-0.4, -0.2) is 21.9 Å². The second kappa shape index (κ2) is 5.25. The topological polar surface area (TPSA) is 90.2 Å². The van der Waals surface area contributed by atoms with Gasteiger partial charge in [-0.2, -0.15) is 0 Å². The number of ether oxygens (including phenoxy) is 1. The second-order valence-corrected chi connectivity index (χ2v) is 3.46. The van der Waals surface area contributed by atoms with Crippen LogP contribution in [0.15, 0.2) is 30.6 Å². The van der Waals surface area contributed by atoms with E-state index in [0.717, 1.165) is 12.1 Å². The van der Waals surface area contributed by atoms with Gasteiger partial charge in [-0.1, -0.05) is 0 Å². The molecule has 0 spiro atoms. The summed E-state index contributed by atoms with van der Waals surface area (Å²) in [6.45, 7) is 0. The van der Waals surface area contributed by atoms with Gasteiger partial charge in [0.25, 0.3) is 0 Å². The minimum absolute atomic E-state index is 0.0906. The second-order valence-electron chi connectivity index (χ2n) is 3.46. The number of hydrogen-bond donors (Lipinski definition) is 1. The Kier molecular flexibility index (Phi) is 3.51. The third-order valence-electron chi connectivity index (χ3n) is 2.23. The first-order chi connectivity index (χ1) is 9.10. The highest BCUT2D eigenvalue weighted by molar-refractivity contribution is 5.48. The Labute approximate surface area is 107 Å². The lowest BCUT2D eigenvalue weighted by Gasteiger charge is -2.06. The first-order valence-electron chi connectivity index (χ1n) is 5.21. The average Bonchev–Trinajstić information content (AvgIpc) is 2.41. The molecule has 0 fully saturated rings. The monoisotopic (exact) mass is 264 g/mol. The summed E-state index contributed by atoms with van der Waals surface area (Å²) >= 11 is 0. The van der Waals surface area contributed by atoms with Gasteiger partial charge in [-0.3, -0.25) is 10.1 Å². The molecule has 0 radical (unpaired) electrons. The molecule has 0 atom stereocenters. The van der Waals surface area contributed by atoms with E-state index in [4.69, 9.17) is 4.74 Å².